The molecule has 1 saturated heterocycles. The van der Waals surface area contributed by atoms with E-state index < -0.39 is 0 Å². The number of anilines is 1. The van der Waals surface area contributed by atoms with Gasteiger partial charge in [0.25, 0.3) is 5.91 Å². The minimum atomic E-state index is -0.302. The highest BCUT2D eigenvalue weighted by atomic mass is 35.5. The summed E-state index contributed by atoms with van der Waals surface area (Å²) in [5.41, 5.74) is 1.51. The lowest BCUT2D eigenvalue weighted by atomic mass is 10.2. The smallest absolute Gasteiger partial charge is 0.251 e. The maximum atomic E-state index is 12.5. The molecule has 164 valence electrons. The molecule has 2 amide bonds. The molecule has 2 aromatic carbocycles. The van der Waals surface area contributed by atoms with E-state index in [1.54, 1.807) is 53.7 Å². The molecule has 0 unspecified atom stereocenters. The highest BCUT2D eigenvalue weighted by molar-refractivity contribution is 6.30. The van der Waals surface area contributed by atoms with Gasteiger partial charge in [0.15, 0.2) is 0 Å². The lowest BCUT2D eigenvalue weighted by Gasteiger charge is -2.36. The van der Waals surface area contributed by atoms with Crippen molar-refractivity contribution in [2.24, 2.45) is 0 Å². The molecule has 2 heterocycles. The van der Waals surface area contributed by atoms with E-state index in [-0.39, 0.29) is 18.4 Å². The molecule has 4 rings (SSSR count). The zero-order valence-electron chi connectivity index (χ0n) is 17.4. The van der Waals surface area contributed by atoms with Crippen molar-refractivity contribution < 1.29 is 14.3 Å². The van der Waals surface area contributed by atoms with Crippen LogP contribution < -0.4 is 15.0 Å². The van der Waals surface area contributed by atoms with Gasteiger partial charge in [-0.1, -0.05) is 17.7 Å². The van der Waals surface area contributed by atoms with Crippen molar-refractivity contribution >= 4 is 29.1 Å². The standard InChI is InChI=1S/C24H23ClN4O3/c25-19-3-1-4-20(15-19)28-11-13-29(14-12-28)23(30)17-27-24(31)18-6-8-21(9-7-18)32-22-5-2-10-26-16-22/h1-10,15-16H,11-14,17H2,(H,27,31). The van der Waals surface area contributed by atoms with Crippen LogP contribution in [-0.2, 0) is 4.79 Å². The molecule has 0 saturated carbocycles. The quantitative estimate of drug-likeness (QED) is 0.621. The highest BCUT2D eigenvalue weighted by Crippen LogP contribution is 2.21. The van der Waals surface area contributed by atoms with Gasteiger partial charge in [0.05, 0.1) is 12.7 Å². The Morgan fingerprint density at radius 1 is 0.969 bits per heavy atom. The second-order valence-electron chi connectivity index (χ2n) is 7.35. The minimum Gasteiger partial charge on any atom is -0.456 e. The number of nitrogens with one attached hydrogen (secondary N) is 1. The van der Waals surface area contributed by atoms with E-state index in [0.717, 1.165) is 18.8 Å². The molecule has 1 fully saturated rings. The van der Waals surface area contributed by atoms with E-state index in [4.69, 9.17) is 16.3 Å². The van der Waals surface area contributed by atoms with Gasteiger partial charge >= 0.3 is 0 Å². The zero-order chi connectivity index (χ0) is 22.3. The van der Waals surface area contributed by atoms with Gasteiger partial charge in [-0.3, -0.25) is 14.6 Å². The van der Waals surface area contributed by atoms with E-state index in [9.17, 15) is 9.59 Å². The molecular weight excluding hydrogens is 428 g/mol. The van der Waals surface area contributed by atoms with Gasteiger partial charge < -0.3 is 19.9 Å². The summed E-state index contributed by atoms with van der Waals surface area (Å²) in [4.78, 5) is 32.9. The molecule has 0 radical (unpaired) electrons. The second-order valence-corrected chi connectivity index (χ2v) is 7.78. The Hall–Kier alpha value is -3.58. The van der Waals surface area contributed by atoms with Crippen molar-refractivity contribution in [3.8, 4) is 11.5 Å². The van der Waals surface area contributed by atoms with Crippen LogP contribution in [0.2, 0.25) is 5.02 Å². The first-order valence-corrected chi connectivity index (χ1v) is 10.7. The molecule has 0 spiro atoms. The van der Waals surface area contributed by atoms with Gasteiger partial charge in [0.1, 0.15) is 11.5 Å². The average molecular weight is 451 g/mol. The number of carbonyl (C=O) groups is 2. The summed E-state index contributed by atoms with van der Waals surface area (Å²) >= 11 is 6.07. The molecule has 1 aliphatic rings. The monoisotopic (exact) mass is 450 g/mol. The van der Waals surface area contributed by atoms with Crippen LogP contribution in [0.3, 0.4) is 0 Å². The third-order valence-corrected chi connectivity index (χ3v) is 5.43. The van der Waals surface area contributed by atoms with Crippen LogP contribution in [0.15, 0.2) is 73.1 Å². The number of carbonyl (C=O) groups excluding carboxylic acids is 2. The van der Waals surface area contributed by atoms with Crippen molar-refractivity contribution in [2.75, 3.05) is 37.6 Å². The third-order valence-electron chi connectivity index (χ3n) is 5.19. The lowest BCUT2D eigenvalue weighted by Crippen LogP contribution is -2.51. The first kappa shape index (κ1) is 21.6. The van der Waals surface area contributed by atoms with Crippen molar-refractivity contribution in [1.82, 2.24) is 15.2 Å². The fourth-order valence-electron chi connectivity index (χ4n) is 3.47. The number of nitrogens with zero attached hydrogens (tertiary/aromatic N) is 3. The van der Waals surface area contributed by atoms with Crippen molar-refractivity contribution in [1.29, 1.82) is 0 Å². The van der Waals surface area contributed by atoms with Crippen molar-refractivity contribution in [3.63, 3.8) is 0 Å². The van der Waals surface area contributed by atoms with E-state index in [1.807, 2.05) is 24.3 Å². The van der Waals surface area contributed by atoms with Crippen LogP contribution in [0.4, 0.5) is 5.69 Å². The number of amides is 2. The SMILES string of the molecule is O=C(NCC(=O)N1CCN(c2cccc(Cl)c2)CC1)c1ccc(Oc2cccnc2)cc1. The number of hydrogen-bond acceptors (Lipinski definition) is 5. The van der Waals surface area contributed by atoms with E-state index in [1.165, 1.54) is 0 Å². The predicted molar refractivity (Wildman–Crippen MR) is 123 cm³/mol. The molecule has 0 bridgehead atoms. The van der Waals surface area contributed by atoms with Crippen LogP contribution in [0, 0.1) is 0 Å². The Balaban J connectivity index is 1.24. The highest BCUT2D eigenvalue weighted by Gasteiger charge is 2.21. The Morgan fingerprint density at radius 2 is 1.75 bits per heavy atom. The summed E-state index contributed by atoms with van der Waals surface area (Å²) in [6.45, 7) is 2.60. The Labute approximate surface area is 191 Å². The molecule has 1 N–H and O–H groups in total. The molecule has 0 aliphatic carbocycles. The molecule has 1 aliphatic heterocycles. The number of aromatic nitrogens is 1. The summed E-state index contributed by atoms with van der Waals surface area (Å²) in [7, 11) is 0. The minimum absolute atomic E-state index is 0.0378. The number of benzene rings is 2. The fourth-order valence-corrected chi connectivity index (χ4v) is 3.66. The summed E-state index contributed by atoms with van der Waals surface area (Å²) in [5.74, 6) is 0.818. The normalized spacial score (nSPS) is 13.5. The van der Waals surface area contributed by atoms with Crippen molar-refractivity contribution in [2.45, 2.75) is 0 Å². The summed E-state index contributed by atoms with van der Waals surface area (Å²) in [5, 5.41) is 3.40. The second kappa shape index (κ2) is 10.2. The maximum absolute atomic E-state index is 12.5. The maximum Gasteiger partial charge on any atom is 0.251 e. The predicted octanol–water partition coefficient (Wildman–Crippen LogP) is 3.61. The molecule has 3 aromatic rings. The molecular formula is C24H23ClN4O3. The summed E-state index contributed by atoms with van der Waals surface area (Å²) in [6, 6.07) is 18.0. The Morgan fingerprint density at radius 3 is 2.44 bits per heavy atom. The summed E-state index contributed by atoms with van der Waals surface area (Å²) < 4.78 is 5.67. The zero-order valence-corrected chi connectivity index (χ0v) is 18.2. The van der Waals surface area contributed by atoms with Crippen LogP contribution in [0.5, 0.6) is 11.5 Å². The van der Waals surface area contributed by atoms with Gasteiger partial charge in [-0.2, -0.15) is 0 Å². The molecule has 7 nitrogen and oxygen atoms in total. The number of piperazine rings is 1. The molecule has 1 aromatic heterocycles. The van der Waals surface area contributed by atoms with Gasteiger partial charge in [0, 0.05) is 48.6 Å². The Bertz CT molecular complexity index is 1070. The number of hydrogen-bond donors (Lipinski definition) is 1. The van der Waals surface area contributed by atoms with E-state index in [0.29, 0.717) is 35.2 Å². The third kappa shape index (κ3) is 5.56. The fraction of sp³-hybridized carbons (Fsp3) is 0.208. The topological polar surface area (TPSA) is 74.8 Å². The number of pyridine rings is 1. The number of halogens is 1. The van der Waals surface area contributed by atoms with Gasteiger partial charge in [-0.15, -0.1) is 0 Å². The number of rotatable bonds is 6. The van der Waals surface area contributed by atoms with Crippen LogP contribution in [-0.4, -0.2) is 54.4 Å². The summed E-state index contributed by atoms with van der Waals surface area (Å²) in [6.07, 6.45) is 3.28. The van der Waals surface area contributed by atoms with Crippen LogP contribution in [0.25, 0.3) is 0 Å². The molecule has 32 heavy (non-hydrogen) atoms. The average Bonchev–Trinajstić information content (AvgIpc) is 2.83. The molecule has 8 heteroatoms. The van der Waals surface area contributed by atoms with E-state index in [2.05, 4.69) is 15.2 Å². The van der Waals surface area contributed by atoms with Gasteiger partial charge in [-0.05, 0) is 54.6 Å². The first-order chi connectivity index (χ1) is 15.6. The molecule has 0 atom stereocenters. The first-order valence-electron chi connectivity index (χ1n) is 10.3. The van der Waals surface area contributed by atoms with Gasteiger partial charge in [0.2, 0.25) is 5.91 Å². The Kier molecular flexibility index (Phi) is 6.87. The largest absolute Gasteiger partial charge is 0.456 e. The van der Waals surface area contributed by atoms with Crippen molar-refractivity contribution in [3.05, 3.63) is 83.6 Å². The van der Waals surface area contributed by atoms with Gasteiger partial charge in [-0.25, -0.2) is 0 Å². The van der Waals surface area contributed by atoms with Crippen LogP contribution >= 0.6 is 11.6 Å². The number of ether oxygens (including phenoxy) is 1. The lowest BCUT2D eigenvalue weighted by molar-refractivity contribution is -0.130. The van der Waals surface area contributed by atoms with E-state index >= 15 is 0 Å². The van der Waals surface area contributed by atoms with Crippen LogP contribution in [0.1, 0.15) is 10.4 Å².